The van der Waals surface area contributed by atoms with E-state index in [1.54, 1.807) is 0 Å². The zero-order chi connectivity index (χ0) is 13.1. The molecule has 100 valence electrons. The van der Waals surface area contributed by atoms with Crippen LogP contribution in [0.4, 0.5) is 0 Å². The number of nitrogens with zero attached hydrogens (tertiary/aromatic N) is 3. The van der Waals surface area contributed by atoms with Gasteiger partial charge in [-0.3, -0.25) is 4.98 Å². The van der Waals surface area contributed by atoms with E-state index in [4.69, 9.17) is 4.98 Å². The first-order valence-electron chi connectivity index (χ1n) is 7.03. The summed E-state index contributed by atoms with van der Waals surface area (Å²) in [5, 5.41) is 3.50. The van der Waals surface area contributed by atoms with Crippen LogP contribution in [0.1, 0.15) is 37.0 Å². The maximum absolute atomic E-state index is 4.71. The zero-order valence-corrected chi connectivity index (χ0v) is 11.3. The van der Waals surface area contributed by atoms with Crippen LogP contribution in [0.25, 0.3) is 0 Å². The van der Waals surface area contributed by atoms with Gasteiger partial charge in [0.05, 0.1) is 17.9 Å². The highest BCUT2D eigenvalue weighted by Gasteiger charge is 2.20. The van der Waals surface area contributed by atoms with Gasteiger partial charge < -0.3 is 9.88 Å². The highest BCUT2D eigenvalue weighted by molar-refractivity contribution is 5.12. The molecule has 0 saturated heterocycles. The molecular weight excluding hydrogens is 236 g/mol. The normalized spacial score (nSPS) is 14.8. The number of hydrogen-bond donors (Lipinski definition) is 1. The molecular formula is C15H20N4. The van der Waals surface area contributed by atoms with Gasteiger partial charge in [-0.2, -0.15) is 0 Å². The molecule has 0 aromatic carbocycles. The fourth-order valence-electron chi connectivity index (χ4n) is 2.23. The lowest BCUT2D eigenvalue weighted by Gasteiger charge is -2.08. The Bertz CT molecular complexity index is 543. The van der Waals surface area contributed by atoms with Gasteiger partial charge in [0.15, 0.2) is 0 Å². The maximum atomic E-state index is 4.71. The standard InChI is InChI=1S/C15H20N4/c1-2-15-16-8-9-19(15)11-14-5-3-4-13(18-14)10-17-12-6-7-12/h3-5,8-9,12,17H,2,6-7,10-11H2,1H3. The molecule has 0 bridgehead atoms. The largest absolute Gasteiger partial charge is 0.329 e. The molecule has 2 aromatic rings. The molecule has 1 saturated carbocycles. The Balaban J connectivity index is 1.68. The van der Waals surface area contributed by atoms with Crippen LogP contribution in [0.15, 0.2) is 30.6 Å². The van der Waals surface area contributed by atoms with Gasteiger partial charge in [-0.15, -0.1) is 0 Å². The van der Waals surface area contributed by atoms with Crippen molar-refractivity contribution in [1.82, 2.24) is 19.9 Å². The SMILES string of the molecule is CCc1nccn1Cc1cccc(CNC2CC2)n1. The summed E-state index contributed by atoms with van der Waals surface area (Å²) in [4.78, 5) is 9.06. The average molecular weight is 256 g/mol. The third-order valence-corrected chi connectivity index (χ3v) is 3.46. The van der Waals surface area contributed by atoms with Gasteiger partial charge in [0, 0.05) is 31.4 Å². The molecule has 4 nitrogen and oxygen atoms in total. The topological polar surface area (TPSA) is 42.7 Å². The lowest BCUT2D eigenvalue weighted by molar-refractivity contribution is 0.662. The number of aromatic nitrogens is 3. The Morgan fingerprint density at radius 1 is 1.32 bits per heavy atom. The molecule has 2 aromatic heterocycles. The molecule has 0 radical (unpaired) electrons. The number of nitrogens with one attached hydrogen (secondary N) is 1. The summed E-state index contributed by atoms with van der Waals surface area (Å²) in [6.45, 7) is 3.81. The minimum absolute atomic E-state index is 0.728. The Morgan fingerprint density at radius 2 is 2.16 bits per heavy atom. The Hall–Kier alpha value is -1.68. The fraction of sp³-hybridized carbons (Fsp3) is 0.467. The number of pyridine rings is 1. The van der Waals surface area contributed by atoms with Crippen molar-refractivity contribution in [3.05, 3.63) is 47.8 Å². The first-order valence-corrected chi connectivity index (χ1v) is 7.03. The predicted octanol–water partition coefficient (Wildman–Crippen LogP) is 2.14. The summed E-state index contributed by atoms with van der Waals surface area (Å²) in [5.41, 5.74) is 2.23. The number of rotatable bonds is 6. The van der Waals surface area contributed by atoms with Crippen molar-refractivity contribution in [1.29, 1.82) is 0 Å². The van der Waals surface area contributed by atoms with Crippen molar-refractivity contribution < 1.29 is 0 Å². The molecule has 1 aliphatic rings. The predicted molar refractivity (Wildman–Crippen MR) is 74.8 cm³/mol. The number of imidazole rings is 1. The molecule has 2 heterocycles. The van der Waals surface area contributed by atoms with Gasteiger partial charge in [-0.25, -0.2) is 4.98 Å². The summed E-state index contributed by atoms with van der Waals surface area (Å²) >= 11 is 0. The summed E-state index contributed by atoms with van der Waals surface area (Å²) in [5.74, 6) is 1.11. The molecule has 0 amide bonds. The third-order valence-electron chi connectivity index (χ3n) is 3.46. The fourth-order valence-corrected chi connectivity index (χ4v) is 2.23. The van der Waals surface area contributed by atoms with Crippen LogP contribution in [-0.4, -0.2) is 20.6 Å². The minimum atomic E-state index is 0.728. The molecule has 4 heteroatoms. The van der Waals surface area contributed by atoms with Gasteiger partial charge >= 0.3 is 0 Å². The quantitative estimate of drug-likeness (QED) is 0.861. The third kappa shape index (κ3) is 3.20. The number of aryl methyl sites for hydroxylation is 1. The average Bonchev–Trinajstić information content (AvgIpc) is 3.16. The summed E-state index contributed by atoms with van der Waals surface area (Å²) in [7, 11) is 0. The smallest absolute Gasteiger partial charge is 0.108 e. The first-order chi connectivity index (χ1) is 9.35. The van der Waals surface area contributed by atoms with Gasteiger partial charge in [-0.1, -0.05) is 13.0 Å². The minimum Gasteiger partial charge on any atom is -0.329 e. The second-order valence-corrected chi connectivity index (χ2v) is 5.10. The maximum Gasteiger partial charge on any atom is 0.108 e. The Kier molecular flexibility index (Phi) is 3.60. The van der Waals surface area contributed by atoms with Crippen LogP contribution >= 0.6 is 0 Å². The van der Waals surface area contributed by atoms with Crippen LogP contribution in [0, 0.1) is 0 Å². The monoisotopic (exact) mass is 256 g/mol. The van der Waals surface area contributed by atoms with E-state index in [1.165, 1.54) is 12.8 Å². The molecule has 0 unspecified atom stereocenters. The van der Waals surface area contributed by atoms with Gasteiger partial charge in [0.1, 0.15) is 5.82 Å². The van der Waals surface area contributed by atoms with Crippen molar-refractivity contribution in [3.8, 4) is 0 Å². The summed E-state index contributed by atoms with van der Waals surface area (Å²) in [6.07, 6.45) is 7.46. The van der Waals surface area contributed by atoms with E-state index in [9.17, 15) is 0 Å². The molecule has 19 heavy (non-hydrogen) atoms. The highest BCUT2D eigenvalue weighted by atomic mass is 15.1. The van der Waals surface area contributed by atoms with Gasteiger partial charge in [-0.05, 0) is 25.0 Å². The first kappa shape index (κ1) is 12.4. The lowest BCUT2D eigenvalue weighted by Crippen LogP contribution is -2.16. The van der Waals surface area contributed by atoms with Crippen LogP contribution in [0.5, 0.6) is 0 Å². The van der Waals surface area contributed by atoms with Crippen LogP contribution in [0.2, 0.25) is 0 Å². The van der Waals surface area contributed by atoms with E-state index in [0.29, 0.717) is 0 Å². The molecule has 1 fully saturated rings. The van der Waals surface area contributed by atoms with E-state index in [0.717, 1.165) is 42.8 Å². The van der Waals surface area contributed by atoms with Crippen molar-refractivity contribution in [2.75, 3.05) is 0 Å². The van der Waals surface area contributed by atoms with Gasteiger partial charge in [0.2, 0.25) is 0 Å². The highest BCUT2D eigenvalue weighted by Crippen LogP contribution is 2.19. The summed E-state index contributed by atoms with van der Waals surface area (Å²) in [6, 6.07) is 6.99. The van der Waals surface area contributed by atoms with E-state index in [-0.39, 0.29) is 0 Å². The molecule has 1 aliphatic carbocycles. The molecule has 0 atom stereocenters. The van der Waals surface area contributed by atoms with Crippen molar-refractivity contribution in [3.63, 3.8) is 0 Å². The molecule has 1 N–H and O–H groups in total. The second-order valence-electron chi connectivity index (χ2n) is 5.10. The van der Waals surface area contributed by atoms with E-state index >= 15 is 0 Å². The van der Waals surface area contributed by atoms with Crippen LogP contribution in [-0.2, 0) is 19.5 Å². The van der Waals surface area contributed by atoms with E-state index in [1.807, 2.05) is 12.4 Å². The van der Waals surface area contributed by atoms with Crippen LogP contribution in [0.3, 0.4) is 0 Å². The number of hydrogen-bond acceptors (Lipinski definition) is 3. The molecule has 0 aliphatic heterocycles. The Morgan fingerprint density at radius 3 is 2.95 bits per heavy atom. The van der Waals surface area contributed by atoms with Crippen molar-refractivity contribution >= 4 is 0 Å². The summed E-state index contributed by atoms with van der Waals surface area (Å²) < 4.78 is 2.17. The second kappa shape index (κ2) is 5.53. The van der Waals surface area contributed by atoms with Gasteiger partial charge in [0.25, 0.3) is 0 Å². The lowest BCUT2D eigenvalue weighted by atomic mass is 10.3. The van der Waals surface area contributed by atoms with Crippen molar-refractivity contribution in [2.45, 2.75) is 45.3 Å². The molecule has 3 rings (SSSR count). The van der Waals surface area contributed by atoms with Crippen LogP contribution < -0.4 is 5.32 Å². The van der Waals surface area contributed by atoms with E-state index < -0.39 is 0 Å². The van der Waals surface area contributed by atoms with Crippen molar-refractivity contribution in [2.24, 2.45) is 0 Å². The molecule has 0 spiro atoms. The Labute approximate surface area is 113 Å². The zero-order valence-electron chi connectivity index (χ0n) is 11.3. The van der Waals surface area contributed by atoms with E-state index in [2.05, 4.69) is 40.0 Å².